The standard InChI is InChI=1S/C26H21FO2.C18H14BFO2.C8H9BrO2/c1-28-21-13-14-25(29-2)23(17-21)26-22(19-11-7-4-8-12-19)15-20(16-24(26)27)18-9-5-3-6-10-18;20-17-12-15(13-7-3-1-4-8-13)11-16(18(17)19(21)22)14-9-5-2-6-10-14;1-10-6-3-4-8(11-2)7(9)5-6/h3-17H,1-2H3;1-12,21-22H;3-5H,1-2H3. The summed E-state index contributed by atoms with van der Waals surface area (Å²) in [6.45, 7) is 0. The fourth-order valence-electron chi connectivity index (χ4n) is 6.84. The maximum absolute atomic E-state index is 15.6. The minimum Gasteiger partial charge on any atom is -0.497 e. The first kappa shape index (κ1) is 44.8. The minimum atomic E-state index is -1.86. The molecule has 0 radical (unpaired) electrons. The van der Waals surface area contributed by atoms with Crippen LogP contribution in [-0.2, 0) is 0 Å². The second-order valence-corrected chi connectivity index (χ2v) is 14.6. The van der Waals surface area contributed by atoms with Crippen LogP contribution in [0.5, 0.6) is 23.0 Å². The maximum atomic E-state index is 15.6. The number of halogens is 3. The molecule has 2 N–H and O–H groups in total. The van der Waals surface area contributed by atoms with Gasteiger partial charge in [-0.2, -0.15) is 0 Å². The van der Waals surface area contributed by atoms with Crippen LogP contribution in [0.25, 0.3) is 55.6 Å². The van der Waals surface area contributed by atoms with Crippen molar-refractivity contribution in [2.45, 2.75) is 0 Å². The highest BCUT2D eigenvalue weighted by atomic mass is 79.9. The average Bonchev–Trinajstić information content (AvgIpc) is 3.32. The van der Waals surface area contributed by atoms with Crippen LogP contribution in [0.4, 0.5) is 8.78 Å². The van der Waals surface area contributed by atoms with Gasteiger partial charge in [-0.25, -0.2) is 8.78 Å². The monoisotopic (exact) mass is 892 g/mol. The molecule has 312 valence electrons. The molecule has 0 aliphatic heterocycles. The van der Waals surface area contributed by atoms with E-state index in [0.29, 0.717) is 33.8 Å². The van der Waals surface area contributed by atoms with Gasteiger partial charge in [-0.05, 0) is 121 Å². The first-order chi connectivity index (χ1) is 30.1. The summed E-state index contributed by atoms with van der Waals surface area (Å²) in [5, 5.41) is 19.0. The molecule has 6 nitrogen and oxygen atoms in total. The maximum Gasteiger partial charge on any atom is 0.492 e. The van der Waals surface area contributed by atoms with E-state index in [1.165, 1.54) is 6.07 Å². The molecule has 8 rings (SSSR count). The van der Waals surface area contributed by atoms with Crippen LogP contribution in [0.3, 0.4) is 0 Å². The van der Waals surface area contributed by atoms with Gasteiger partial charge < -0.3 is 29.0 Å². The van der Waals surface area contributed by atoms with Gasteiger partial charge in [0.1, 0.15) is 34.6 Å². The zero-order chi connectivity index (χ0) is 44.0. The van der Waals surface area contributed by atoms with Gasteiger partial charge in [-0.3, -0.25) is 0 Å². The van der Waals surface area contributed by atoms with Crippen LogP contribution in [0.2, 0.25) is 0 Å². The molecule has 0 atom stereocenters. The van der Waals surface area contributed by atoms with E-state index >= 15 is 4.39 Å². The lowest BCUT2D eigenvalue weighted by Gasteiger charge is -2.17. The molecule has 0 bridgehead atoms. The lowest BCUT2D eigenvalue weighted by molar-refractivity contribution is 0.401. The second kappa shape index (κ2) is 21.7. The molecule has 8 aromatic carbocycles. The average molecular weight is 894 g/mol. The van der Waals surface area contributed by atoms with Crippen molar-refractivity contribution < 1.29 is 37.8 Å². The summed E-state index contributed by atoms with van der Waals surface area (Å²) in [5.41, 5.74) is 7.36. The Balaban J connectivity index is 0.000000171. The van der Waals surface area contributed by atoms with E-state index in [-0.39, 0.29) is 11.3 Å². The normalized spacial score (nSPS) is 10.3. The summed E-state index contributed by atoms with van der Waals surface area (Å²) in [6, 6.07) is 55.9. The van der Waals surface area contributed by atoms with Gasteiger partial charge in [0.2, 0.25) is 0 Å². The Morgan fingerprint density at radius 2 is 0.823 bits per heavy atom. The number of rotatable bonds is 10. The van der Waals surface area contributed by atoms with Crippen molar-refractivity contribution in [1.82, 2.24) is 0 Å². The molecule has 62 heavy (non-hydrogen) atoms. The van der Waals surface area contributed by atoms with Crippen LogP contribution in [0.1, 0.15) is 0 Å². The summed E-state index contributed by atoms with van der Waals surface area (Å²) in [7, 11) is 4.59. The highest BCUT2D eigenvalue weighted by molar-refractivity contribution is 9.10. The summed E-state index contributed by atoms with van der Waals surface area (Å²) in [5.74, 6) is 1.93. The molecule has 0 saturated heterocycles. The quantitative estimate of drug-likeness (QED) is 0.133. The third-order valence-electron chi connectivity index (χ3n) is 9.90. The van der Waals surface area contributed by atoms with Gasteiger partial charge in [0, 0.05) is 16.6 Å². The fourth-order valence-corrected chi connectivity index (χ4v) is 7.36. The molecule has 0 aromatic heterocycles. The summed E-state index contributed by atoms with van der Waals surface area (Å²) in [6.07, 6.45) is 0. The zero-order valence-electron chi connectivity index (χ0n) is 34.6. The summed E-state index contributed by atoms with van der Waals surface area (Å²) < 4.78 is 51.9. The van der Waals surface area contributed by atoms with Crippen molar-refractivity contribution in [2.75, 3.05) is 28.4 Å². The van der Waals surface area contributed by atoms with E-state index in [9.17, 15) is 14.4 Å². The molecule has 0 aliphatic carbocycles. The molecule has 0 amide bonds. The van der Waals surface area contributed by atoms with Crippen molar-refractivity contribution in [3.63, 3.8) is 0 Å². The highest BCUT2D eigenvalue weighted by Crippen LogP contribution is 2.43. The fraction of sp³-hybridized carbons (Fsp3) is 0.0769. The Labute approximate surface area is 369 Å². The zero-order valence-corrected chi connectivity index (χ0v) is 36.1. The van der Waals surface area contributed by atoms with Crippen molar-refractivity contribution in [2.24, 2.45) is 0 Å². The molecule has 10 heteroatoms. The molecule has 0 spiro atoms. The minimum absolute atomic E-state index is 0.106. The van der Waals surface area contributed by atoms with Gasteiger partial charge in [-0.15, -0.1) is 0 Å². The van der Waals surface area contributed by atoms with Crippen molar-refractivity contribution in [1.29, 1.82) is 0 Å². The van der Waals surface area contributed by atoms with E-state index in [0.717, 1.165) is 49.4 Å². The number of hydrogen-bond acceptors (Lipinski definition) is 6. The largest absolute Gasteiger partial charge is 0.497 e. The van der Waals surface area contributed by atoms with Crippen LogP contribution >= 0.6 is 15.9 Å². The van der Waals surface area contributed by atoms with Crippen molar-refractivity contribution in [3.8, 4) is 78.6 Å². The Bertz CT molecular complexity index is 2690. The lowest BCUT2D eigenvalue weighted by Crippen LogP contribution is -2.34. The van der Waals surface area contributed by atoms with Crippen LogP contribution in [0, 0.1) is 11.6 Å². The SMILES string of the molecule is COc1ccc(OC)c(-c2c(F)cc(-c3ccccc3)cc2-c2ccccc2)c1.COc1ccc(OC)c(Br)c1.OB(O)c1c(F)cc(-c2ccccc2)cc1-c1ccccc1. The number of methoxy groups -OCH3 is 4. The van der Waals surface area contributed by atoms with Crippen molar-refractivity contribution in [3.05, 3.63) is 198 Å². The molecular formula is C52H44BBrF2O6. The van der Waals surface area contributed by atoms with Crippen LogP contribution in [0.15, 0.2) is 186 Å². The summed E-state index contributed by atoms with van der Waals surface area (Å²) >= 11 is 3.34. The predicted molar refractivity (Wildman–Crippen MR) is 250 cm³/mol. The molecule has 0 aliphatic rings. The van der Waals surface area contributed by atoms with Gasteiger partial charge in [0.15, 0.2) is 0 Å². The lowest BCUT2D eigenvalue weighted by atomic mass is 9.74. The third-order valence-corrected chi connectivity index (χ3v) is 10.5. The number of benzene rings is 8. The molecule has 8 aromatic rings. The molecule has 0 heterocycles. The second-order valence-electron chi connectivity index (χ2n) is 13.7. The molecule has 0 unspecified atom stereocenters. The Morgan fingerprint density at radius 3 is 1.27 bits per heavy atom. The van der Waals surface area contributed by atoms with Gasteiger partial charge >= 0.3 is 7.12 Å². The van der Waals surface area contributed by atoms with Crippen LogP contribution in [-0.4, -0.2) is 45.6 Å². The van der Waals surface area contributed by atoms with Crippen molar-refractivity contribution >= 4 is 28.5 Å². The number of hydrogen-bond donors (Lipinski definition) is 2. The molecule has 0 saturated carbocycles. The van der Waals surface area contributed by atoms with Crippen LogP contribution < -0.4 is 24.4 Å². The topological polar surface area (TPSA) is 77.4 Å². The smallest absolute Gasteiger partial charge is 0.492 e. The van der Waals surface area contributed by atoms with E-state index in [4.69, 9.17) is 18.9 Å². The summed E-state index contributed by atoms with van der Waals surface area (Å²) in [4.78, 5) is 0. The molecule has 0 fully saturated rings. The van der Waals surface area contributed by atoms with E-state index in [2.05, 4.69) is 15.9 Å². The van der Waals surface area contributed by atoms with Gasteiger partial charge in [0.25, 0.3) is 0 Å². The first-order valence-electron chi connectivity index (χ1n) is 19.5. The van der Waals surface area contributed by atoms with E-state index < -0.39 is 12.9 Å². The molecular weight excluding hydrogens is 849 g/mol. The third kappa shape index (κ3) is 11.0. The van der Waals surface area contributed by atoms with E-state index in [1.807, 2.05) is 152 Å². The Hall–Kier alpha value is -6.72. The van der Waals surface area contributed by atoms with Gasteiger partial charge in [0.05, 0.1) is 32.9 Å². The number of ether oxygens (including phenoxy) is 4. The predicted octanol–water partition coefficient (Wildman–Crippen LogP) is 12.1. The Morgan fingerprint density at radius 1 is 0.403 bits per heavy atom. The Kier molecular flexibility index (Phi) is 15.7. The first-order valence-corrected chi connectivity index (χ1v) is 20.3. The highest BCUT2D eigenvalue weighted by Gasteiger charge is 2.23. The van der Waals surface area contributed by atoms with E-state index in [1.54, 1.807) is 52.7 Å². The van der Waals surface area contributed by atoms with Gasteiger partial charge in [-0.1, -0.05) is 121 Å².